The Morgan fingerprint density at radius 3 is 2.49 bits per heavy atom. The lowest BCUT2D eigenvalue weighted by molar-refractivity contribution is -0.119. The minimum Gasteiger partial charge on any atom is -0.493 e. The summed E-state index contributed by atoms with van der Waals surface area (Å²) in [7, 11) is 4.68. The summed E-state index contributed by atoms with van der Waals surface area (Å²) in [6.07, 6.45) is 3.00. The number of hydrazone groups is 1. The first-order chi connectivity index (χ1) is 18.0. The van der Waals surface area contributed by atoms with Gasteiger partial charge in [0, 0.05) is 34.4 Å². The van der Waals surface area contributed by atoms with E-state index in [1.54, 1.807) is 27.5 Å². The Morgan fingerprint density at radius 2 is 1.78 bits per heavy atom. The number of benzene rings is 3. The number of anilines is 2. The molecule has 1 unspecified atom stereocenters. The third kappa shape index (κ3) is 4.75. The number of fused-ring (bicyclic) bond motifs is 1. The maximum absolute atomic E-state index is 12.0. The Hall–Kier alpha value is -4.30. The number of halogens is 1. The number of aromatic nitrogens is 1. The number of ether oxygens (including phenoxy) is 3. The van der Waals surface area contributed by atoms with Gasteiger partial charge in [-0.15, -0.1) is 0 Å². The molecule has 2 heterocycles. The van der Waals surface area contributed by atoms with Crippen LogP contribution in [0.2, 0.25) is 5.02 Å². The minimum absolute atomic E-state index is 0.313. The van der Waals surface area contributed by atoms with Crippen LogP contribution >= 0.6 is 11.6 Å². The molecule has 1 aromatic heterocycles. The fraction of sp³-hybridized carbons (Fsp3) is 0.179. The van der Waals surface area contributed by atoms with Crippen molar-refractivity contribution in [1.82, 2.24) is 9.99 Å². The fourth-order valence-corrected chi connectivity index (χ4v) is 4.69. The third-order valence-electron chi connectivity index (χ3n) is 6.30. The Kier molecular flexibility index (Phi) is 6.83. The molecule has 0 saturated heterocycles. The molecule has 1 amide bonds. The van der Waals surface area contributed by atoms with Crippen molar-refractivity contribution in [2.75, 3.05) is 26.6 Å². The van der Waals surface area contributed by atoms with Gasteiger partial charge in [-0.05, 0) is 59.7 Å². The molecular weight excluding hydrogens is 492 g/mol. The van der Waals surface area contributed by atoms with Crippen LogP contribution in [-0.4, -0.2) is 43.4 Å². The van der Waals surface area contributed by atoms with Gasteiger partial charge in [-0.2, -0.15) is 5.10 Å². The summed E-state index contributed by atoms with van der Waals surface area (Å²) in [6, 6.07) is 18.9. The minimum atomic E-state index is -0.313. The second kappa shape index (κ2) is 10.4. The predicted octanol–water partition coefficient (Wildman–Crippen LogP) is 5.97. The summed E-state index contributed by atoms with van der Waals surface area (Å²) < 4.78 is 16.4. The van der Waals surface area contributed by atoms with Crippen LogP contribution in [0.25, 0.3) is 10.9 Å². The van der Waals surface area contributed by atoms with E-state index in [-0.39, 0.29) is 6.04 Å². The fourth-order valence-electron chi connectivity index (χ4n) is 4.53. The first-order valence-electron chi connectivity index (χ1n) is 11.6. The van der Waals surface area contributed by atoms with Crippen molar-refractivity contribution < 1.29 is 19.0 Å². The zero-order chi connectivity index (χ0) is 25.9. The first kappa shape index (κ1) is 24.4. The highest BCUT2D eigenvalue weighted by molar-refractivity contribution is 6.31. The molecule has 0 radical (unpaired) electrons. The molecule has 188 valence electrons. The number of hydrogen-bond donors (Lipinski definition) is 1. The number of rotatable bonds is 8. The zero-order valence-corrected chi connectivity index (χ0v) is 21.3. The van der Waals surface area contributed by atoms with E-state index in [9.17, 15) is 4.79 Å². The van der Waals surface area contributed by atoms with E-state index in [4.69, 9.17) is 25.8 Å². The van der Waals surface area contributed by atoms with Crippen LogP contribution in [0, 0.1) is 0 Å². The zero-order valence-electron chi connectivity index (χ0n) is 20.6. The average Bonchev–Trinajstić information content (AvgIpc) is 3.37. The van der Waals surface area contributed by atoms with Crippen molar-refractivity contribution in [2.45, 2.75) is 12.5 Å². The highest BCUT2D eigenvalue weighted by Crippen LogP contribution is 2.43. The molecular formula is C28H25ClN4O4. The maximum Gasteiger partial charge on any atom is 0.230 e. The molecule has 0 bridgehead atoms. The summed E-state index contributed by atoms with van der Waals surface area (Å²) >= 11 is 6.13. The van der Waals surface area contributed by atoms with Gasteiger partial charge >= 0.3 is 0 Å². The number of nitrogens with one attached hydrogen (secondary N) is 1. The van der Waals surface area contributed by atoms with Gasteiger partial charge in [-0.3, -0.25) is 9.78 Å². The molecule has 0 spiro atoms. The smallest absolute Gasteiger partial charge is 0.230 e. The summed E-state index contributed by atoms with van der Waals surface area (Å²) in [5.74, 6) is 1.54. The highest BCUT2D eigenvalue weighted by Gasteiger charge is 2.30. The SMILES string of the molecule is COc1cc(C2CC(c3cccc(Nc4ccnc5cc(Cl)ccc45)c3)=NN2C=O)cc(OC)c1OC. The summed E-state index contributed by atoms with van der Waals surface area (Å²) in [5.41, 5.74) is 5.14. The monoisotopic (exact) mass is 516 g/mol. The topological polar surface area (TPSA) is 85.3 Å². The van der Waals surface area contributed by atoms with E-state index in [1.807, 2.05) is 60.7 Å². The van der Waals surface area contributed by atoms with Gasteiger partial charge in [0.1, 0.15) is 0 Å². The summed E-state index contributed by atoms with van der Waals surface area (Å²) in [5, 5.41) is 11.1. The lowest BCUT2D eigenvalue weighted by Crippen LogP contribution is -2.17. The van der Waals surface area contributed by atoms with Crippen LogP contribution in [0.4, 0.5) is 11.4 Å². The number of methoxy groups -OCH3 is 3. The van der Waals surface area contributed by atoms with Crippen molar-refractivity contribution >= 4 is 46.0 Å². The third-order valence-corrected chi connectivity index (χ3v) is 6.54. The lowest BCUT2D eigenvalue weighted by atomic mass is 9.97. The Morgan fingerprint density at radius 1 is 1.00 bits per heavy atom. The van der Waals surface area contributed by atoms with E-state index in [1.165, 1.54) is 5.01 Å². The highest BCUT2D eigenvalue weighted by atomic mass is 35.5. The molecule has 0 fully saturated rings. The van der Waals surface area contributed by atoms with Crippen molar-refractivity contribution in [2.24, 2.45) is 5.10 Å². The normalized spacial score (nSPS) is 14.9. The van der Waals surface area contributed by atoms with Crippen LogP contribution in [0.15, 0.2) is 72.0 Å². The Labute approximate surface area is 219 Å². The number of carbonyl (C=O) groups is 1. The van der Waals surface area contributed by atoms with Crippen LogP contribution in [-0.2, 0) is 4.79 Å². The molecule has 9 heteroatoms. The maximum atomic E-state index is 12.0. The van der Waals surface area contributed by atoms with E-state index in [2.05, 4.69) is 15.4 Å². The average molecular weight is 517 g/mol. The summed E-state index contributed by atoms with van der Waals surface area (Å²) in [4.78, 5) is 16.4. The molecule has 0 aliphatic carbocycles. The largest absolute Gasteiger partial charge is 0.493 e. The van der Waals surface area contributed by atoms with Crippen LogP contribution in [0.1, 0.15) is 23.6 Å². The second-order valence-corrected chi connectivity index (χ2v) is 8.87. The van der Waals surface area contributed by atoms with Gasteiger partial charge in [-0.25, -0.2) is 5.01 Å². The number of hydrogen-bond acceptors (Lipinski definition) is 7. The Bertz CT molecular complexity index is 1480. The quantitative estimate of drug-likeness (QED) is 0.291. The van der Waals surface area contributed by atoms with Crippen molar-refractivity contribution in [3.8, 4) is 17.2 Å². The Balaban J connectivity index is 1.43. The molecule has 37 heavy (non-hydrogen) atoms. The molecule has 4 aromatic rings. The van der Waals surface area contributed by atoms with Crippen LogP contribution < -0.4 is 19.5 Å². The van der Waals surface area contributed by atoms with E-state index < -0.39 is 0 Å². The molecule has 1 aliphatic heterocycles. The van der Waals surface area contributed by atoms with Gasteiger partial charge in [0.05, 0.1) is 38.6 Å². The van der Waals surface area contributed by atoms with Gasteiger partial charge in [0.2, 0.25) is 12.2 Å². The molecule has 5 rings (SSSR count). The van der Waals surface area contributed by atoms with E-state index >= 15 is 0 Å². The number of pyridine rings is 1. The predicted molar refractivity (Wildman–Crippen MR) is 144 cm³/mol. The standard InChI is InChI=1S/C28H25ClN4O4/c1-35-26-12-18(13-27(36-2)28(26)37-3)25-15-23(32-33(25)16-34)17-5-4-6-20(11-17)31-22-9-10-30-24-14-19(29)7-8-21(22)24/h4-14,16,25H,15H2,1-3H3,(H,30,31). The van der Waals surface area contributed by atoms with E-state index in [0.29, 0.717) is 28.7 Å². The van der Waals surface area contributed by atoms with Gasteiger partial charge in [0.15, 0.2) is 11.5 Å². The molecule has 1 N–H and O–H groups in total. The molecule has 0 saturated carbocycles. The van der Waals surface area contributed by atoms with Crippen molar-refractivity contribution in [3.05, 3.63) is 83.0 Å². The molecule has 8 nitrogen and oxygen atoms in total. The first-order valence-corrected chi connectivity index (χ1v) is 11.9. The lowest BCUT2D eigenvalue weighted by Gasteiger charge is -2.20. The van der Waals surface area contributed by atoms with Gasteiger partial charge < -0.3 is 19.5 Å². The molecule has 3 aromatic carbocycles. The van der Waals surface area contributed by atoms with Crippen LogP contribution in [0.5, 0.6) is 17.2 Å². The van der Waals surface area contributed by atoms with Crippen LogP contribution in [0.3, 0.4) is 0 Å². The van der Waals surface area contributed by atoms with E-state index in [0.717, 1.165) is 45.5 Å². The number of nitrogens with zero attached hydrogens (tertiary/aromatic N) is 3. The number of amides is 1. The molecule has 1 atom stereocenters. The van der Waals surface area contributed by atoms with Crippen molar-refractivity contribution in [1.29, 1.82) is 0 Å². The number of carbonyl (C=O) groups excluding carboxylic acids is 1. The summed E-state index contributed by atoms with van der Waals surface area (Å²) in [6.45, 7) is 0. The van der Waals surface area contributed by atoms with Gasteiger partial charge in [0.25, 0.3) is 0 Å². The molecule has 1 aliphatic rings. The van der Waals surface area contributed by atoms with Gasteiger partial charge in [-0.1, -0.05) is 23.7 Å². The second-order valence-electron chi connectivity index (χ2n) is 8.44. The van der Waals surface area contributed by atoms with Crippen molar-refractivity contribution in [3.63, 3.8) is 0 Å².